The normalized spacial score (nSPS) is 9.64. The second-order valence-electron chi connectivity index (χ2n) is 2.60. The first-order valence-corrected chi connectivity index (χ1v) is 4.21. The van der Waals surface area contributed by atoms with Crippen LogP contribution >= 0.6 is 0 Å². The van der Waals surface area contributed by atoms with Crippen LogP contribution in [0.4, 0.5) is 0 Å². The van der Waals surface area contributed by atoms with Gasteiger partial charge in [0.05, 0.1) is 6.07 Å². The van der Waals surface area contributed by atoms with Crippen LogP contribution in [0.2, 0.25) is 0 Å². The van der Waals surface area contributed by atoms with Gasteiger partial charge in [-0.25, -0.2) is 0 Å². The number of carbonyl (C=O) groups excluding carboxylic acids is 1. The molecule has 0 fully saturated rings. The quantitative estimate of drug-likeness (QED) is 0.335. The van der Waals surface area contributed by atoms with Crippen molar-refractivity contribution in [1.29, 1.82) is 5.26 Å². The number of nitrogens with zero attached hydrogens (tertiary/aromatic N) is 1. The molecule has 0 unspecified atom stereocenters. The SMILES string of the molecule is N#CCN/C=C/C(=O)c1ccccc1. The molecule has 0 amide bonds. The van der Waals surface area contributed by atoms with Gasteiger partial charge in [0, 0.05) is 17.8 Å². The van der Waals surface area contributed by atoms with Crippen LogP contribution in [-0.4, -0.2) is 12.3 Å². The molecule has 0 heterocycles. The van der Waals surface area contributed by atoms with Gasteiger partial charge in [0.1, 0.15) is 6.54 Å². The predicted octanol–water partition coefficient (Wildman–Crippen LogP) is 1.50. The molecule has 1 rings (SSSR count). The van der Waals surface area contributed by atoms with E-state index in [9.17, 15) is 4.79 Å². The third-order valence-corrected chi connectivity index (χ3v) is 1.59. The number of hydrogen-bond donors (Lipinski definition) is 1. The maximum atomic E-state index is 11.4. The molecule has 0 aliphatic carbocycles. The maximum absolute atomic E-state index is 11.4. The fraction of sp³-hybridized carbons (Fsp3) is 0.0909. The summed E-state index contributed by atoms with van der Waals surface area (Å²) in [4.78, 5) is 11.4. The van der Waals surface area contributed by atoms with E-state index in [0.717, 1.165) is 0 Å². The Morgan fingerprint density at radius 1 is 1.43 bits per heavy atom. The number of benzene rings is 1. The summed E-state index contributed by atoms with van der Waals surface area (Å²) < 4.78 is 0. The summed E-state index contributed by atoms with van der Waals surface area (Å²) in [5.74, 6) is -0.0731. The zero-order chi connectivity index (χ0) is 10.2. The minimum atomic E-state index is -0.0731. The largest absolute Gasteiger partial charge is 0.378 e. The van der Waals surface area contributed by atoms with Crippen LogP contribution in [0.3, 0.4) is 0 Å². The van der Waals surface area contributed by atoms with Crippen LogP contribution in [0.25, 0.3) is 0 Å². The first-order chi connectivity index (χ1) is 6.84. The van der Waals surface area contributed by atoms with Gasteiger partial charge < -0.3 is 5.32 Å². The number of nitrogens with one attached hydrogen (secondary N) is 1. The fourth-order valence-corrected chi connectivity index (χ4v) is 0.938. The van der Waals surface area contributed by atoms with E-state index in [-0.39, 0.29) is 12.3 Å². The minimum Gasteiger partial charge on any atom is -0.378 e. The lowest BCUT2D eigenvalue weighted by Gasteiger charge is -1.93. The molecule has 0 aliphatic rings. The molecule has 3 nitrogen and oxygen atoms in total. The van der Waals surface area contributed by atoms with Gasteiger partial charge in [-0.15, -0.1) is 0 Å². The average molecular weight is 186 g/mol. The van der Waals surface area contributed by atoms with Crippen molar-refractivity contribution >= 4 is 5.78 Å². The zero-order valence-electron chi connectivity index (χ0n) is 7.60. The lowest BCUT2D eigenvalue weighted by atomic mass is 10.1. The molecule has 1 aromatic carbocycles. The van der Waals surface area contributed by atoms with Crippen LogP contribution in [-0.2, 0) is 0 Å². The Bertz CT molecular complexity index is 363. The van der Waals surface area contributed by atoms with Gasteiger partial charge in [-0.2, -0.15) is 5.26 Å². The second kappa shape index (κ2) is 5.55. The van der Waals surface area contributed by atoms with E-state index in [2.05, 4.69) is 5.32 Å². The molecule has 0 spiro atoms. The molecule has 0 radical (unpaired) electrons. The molecule has 0 aliphatic heterocycles. The standard InChI is InChI=1S/C11H10N2O/c12-7-9-13-8-6-11(14)10-4-2-1-3-5-10/h1-6,8,13H,9H2/b8-6+. The Kier molecular flexibility index (Phi) is 3.96. The lowest BCUT2D eigenvalue weighted by molar-refractivity contribution is 0.104. The Balaban J connectivity index is 2.52. The van der Waals surface area contributed by atoms with Gasteiger partial charge in [0.2, 0.25) is 0 Å². The van der Waals surface area contributed by atoms with Crippen molar-refractivity contribution in [3.8, 4) is 6.07 Å². The smallest absolute Gasteiger partial charge is 0.187 e. The first kappa shape index (κ1) is 10.0. The Hall–Kier alpha value is -2.08. The molecular formula is C11H10N2O. The molecule has 0 saturated carbocycles. The summed E-state index contributed by atoms with van der Waals surface area (Å²) in [6, 6.07) is 10.9. The molecule has 70 valence electrons. The summed E-state index contributed by atoms with van der Waals surface area (Å²) in [5, 5.41) is 10.9. The predicted molar refractivity (Wildman–Crippen MR) is 53.5 cm³/mol. The number of rotatable bonds is 4. The van der Waals surface area contributed by atoms with E-state index in [0.29, 0.717) is 5.56 Å². The highest BCUT2D eigenvalue weighted by molar-refractivity contribution is 6.04. The number of allylic oxidation sites excluding steroid dienone is 1. The van der Waals surface area contributed by atoms with Crippen molar-refractivity contribution < 1.29 is 4.79 Å². The molecule has 1 N–H and O–H groups in total. The van der Waals surface area contributed by atoms with Crippen LogP contribution in [0.5, 0.6) is 0 Å². The third-order valence-electron chi connectivity index (χ3n) is 1.59. The Morgan fingerprint density at radius 2 is 2.14 bits per heavy atom. The zero-order valence-corrected chi connectivity index (χ0v) is 7.60. The molecule has 0 atom stereocenters. The highest BCUT2D eigenvalue weighted by Gasteiger charge is 1.97. The van der Waals surface area contributed by atoms with E-state index >= 15 is 0 Å². The fourth-order valence-electron chi connectivity index (χ4n) is 0.938. The van der Waals surface area contributed by atoms with E-state index in [1.807, 2.05) is 24.3 Å². The van der Waals surface area contributed by atoms with Gasteiger partial charge in [-0.1, -0.05) is 30.3 Å². The number of hydrogen-bond acceptors (Lipinski definition) is 3. The molecule has 0 saturated heterocycles. The van der Waals surface area contributed by atoms with E-state index in [1.165, 1.54) is 12.3 Å². The van der Waals surface area contributed by atoms with Gasteiger partial charge in [-0.05, 0) is 0 Å². The summed E-state index contributed by atoms with van der Waals surface area (Å²) in [6.45, 7) is 0.207. The van der Waals surface area contributed by atoms with E-state index in [4.69, 9.17) is 5.26 Å². The van der Waals surface area contributed by atoms with Crippen molar-refractivity contribution in [2.75, 3.05) is 6.54 Å². The minimum absolute atomic E-state index is 0.0731. The van der Waals surface area contributed by atoms with Crippen LogP contribution in [0, 0.1) is 11.3 Å². The molecule has 0 aromatic heterocycles. The monoisotopic (exact) mass is 186 g/mol. The molecular weight excluding hydrogens is 176 g/mol. The topological polar surface area (TPSA) is 52.9 Å². The van der Waals surface area contributed by atoms with Gasteiger partial charge >= 0.3 is 0 Å². The summed E-state index contributed by atoms with van der Waals surface area (Å²) >= 11 is 0. The molecule has 0 bridgehead atoms. The lowest BCUT2D eigenvalue weighted by Crippen LogP contribution is -2.05. The van der Waals surface area contributed by atoms with Crippen molar-refractivity contribution in [2.45, 2.75) is 0 Å². The summed E-state index contributed by atoms with van der Waals surface area (Å²) in [7, 11) is 0. The number of ketones is 1. The average Bonchev–Trinajstić information content (AvgIpc) is 2.25. The van der Waals surface area contributed by atoms with Crippen LogP contribution in [0.15, 0.2) is 42.6 Å². The third kappa shape index (κ3) is 3.11. The Labute approximate surface area is 82.7 Å². The second-order valence-corrected chi connectivity index (χ2v) is 2.60. The molecule has 1 aromatic rings. The van der Waals surface area contributed by atoms with Crippen molar-refractivity contribution in [2.24, 2.45) is 0 Å². The van der Waals surface area contributed by atoms with Crippen LogP contribution in [0.1, 0.15) is 10.4 Å². The van der Waals surface area contributed by atoms with Crippen LogP contribution < -0.4 is 5.32 Å². The highest BCUT2D eigenvalue weighted by atomic mass is 16.1. The van der Waals surface area contributed by atoms with E-state index < -0.39 is 0 Å². The summed E-state index contributed by atoms with van der Waals surface area (Å²) in [6.07, 6.45) is 2.89. The molecule has 3 heteroatoms. The summed E-state index contributed by atoms with van der Waals surface area (Å²) in [5.41, 5.74) is 0.641. The highest BCUT2D eigenvalue weighted by Crippen LogP contribution is 1.99. The number of carbonyl (C=O) groups is 1. The van der Waals surface area contributed by atoms with Gasteiger partial charge in [0.25, 0.3) is 0 Å². The maximum Gasteiger partial charge on any atom is 0.187 e. The van der Waals surface area contributed by atoms with Gasteiger partial charge in [-0.3, -0.25) is 4.79 Å². The van der Waals surface area contributed by atoms with Crippen molar-refractivity contribution in [3.05, 3.63) is 48.2 Å². The molecule has 14 heavy (non-hydrogen) atoms. The Morgan fingerprint density at radius 3 is 2.79 bits per heavy atom. The van der Waals surface area contributed by atoms with Crippen molar-refractivity contribution in [3.63, 3.8) is 0 Å². The number of nitriles is 1. The van der Waals surface area contributed by atoms with Gasteiger partial charge in [0.15, 0.2) is 5.78 Å². The first-order valence-electron chi connectivity index (χ1n) is 4.21. The van der Waals surface area contributed by atoms with Crippen molar-refractivity contribution in [1.82, 2.24) is 5.32 Å². The van der Waals surface area contributed by atoms with E-state index in [1.54, 1.807) is 12.1 Å².